The molecule has 1 amide bonds. The molecule has 3 heterocycles. The minimum Gasteiger partial charge on any atom is -0.384 e. The smallest absolute Gasteiger partial charge is 0.247 e. The van der Waals surface area contributed by atoms with E-state index < -0.39 is 5.41 Å². The number of pyridine rings is 1. The molecule has 0 spiro atoms. The summed E-state index contributed by atoms with van der Waals surface area (Å²) in [5.74, 6) is 1.82. The van der Waals surface area contributed by atoms with E-state index in [9.17, 15) is 10.1 Å². The number of amides is 1. The second-order valence-electron chi connectivity index (χ2n) is 6.67. The van der Waals surface area contributed by atoms with E-state index in [4.69, 9.17) is 5.73 Å². The summed E-state index contributed by atoms with van der Waals surface area (Å²) >= 11 is 0. The third kappa shape index (κ3) is 2.48. The summed E-state index contributed by atoms with van der Waals surface area (Å²) < 4.78 is 1.56. The van der Waals surface area contributed by atoms with Crippen LogP contribution >= 0.6 is 0 Å². The van der Waals surface area contributed by atoms with Crippen LogP contribution in [0.2, 0.25) is 0 Å². The molecular formula is C17H19N7O. The van der Waals surface area contributed by atoms with E-state index >= 15 is 0 Å². The molecule has 8 heteroatoms. The Morgan fingerprint density at radius 1 is 1.40 bits per heavy atom. The first-order valence-corrected chi connectivity index (χ1v) is 8.29. The predicted octanol–water partition coefficient (Wildman–Crippen LogP) is 1.80. The van der Waals surface area contributed by atoms with Crippen molar-refractivity contribution in [2.45, 2.75) is 19.3 Å². The molecule has 2 fully saturated rings. The van der Waals surface area contributed by atoms with Gasteiger partial charge in [-0.05, 0) is 31.2 Å². The second-order valence-corrected chi connectivity index (χ2v) is 6.67. The fraction of sp³-hybridized carbons (Fsp3) is 0.412. The lowest BCUT2D eigenvalue weighted by molar-refractivity contribution is -0.123. The molecule has 3 N–H and O–H groups in total. The van der Waals surface area contributed by atoms with Gasteiger partial charge in [0.25, 0.3) is 0 Å². The van der Waals surface area contributed by atoms with Crippen molar-refractivity contribution in [3.05, 3.63) is 24.4 Å². The van der Waals surface area contributed by atoms with Crippen LogP contribution in [0.25, 0.3) is 0 Å². The number of rotatable bonds is 4. The lowest BCUT2D eigenvalue weighted by atomic mass is 9.83. The van der Waals surface area contributed by atoms with Gasteiger partial charge in [0.1, 0.15) is 17.1 Å². The molecule has 8 nitrogen and oxygen atoms in total. The number of nitrogens with one attached hydrogen (secondary N) is 1. The van der Waals surface area contributed by atoms with E-state index in [0.29, 0.717) is 30.4 Å². The number of nitrogens with zero attached hydrogens (tertiary/aromatic N) is 5. The highest BCUT2D eigenvalue weighted by atomic mass is 16.2. The number of nitrogen functional groups attached to an aromatic ring is 1. The van der Waals surface area contributed by atoms with Crippen molar-refractivity contribution in [1.82, 2.24) is 14.8 Å². The lowest BCUT2D eigenvalue weighted by Crippen LogP contribution is -2.35. The molecule has 2 aromatic rings. The van der Waals surface area contributed by atoms with Crippen molar-refractivity contribution in [2.24, 2.45) is 18.4 Å². The first kappa shape index (κ1) is 15.4. The monoisotopic (exact) mass is 337 g/mol. The van der Waals surface area contributed by atoms with Crippen LogP contribution in [0.5, 0.6) is 0 Å². The standard InChI is InChI=1S/C17H19N7O/c1-23-13(19)9-15(22-23)21-14-8-12(4-6-20-14)24-7-5-17(10-18,16(24)25)11-2-3-11/h4,6,8-9,11H,2-3,5,7,19H2,1H3,(H,20,21,22)/t17-/m1/s1. The van der Waals surface area contributed by atoms with Gasteiger partial charge in [-0.2, -0.15) is 10.4 Å². The minimum atomic E-state index is -0.841. The van der Waals surface area contributed by atoms with E-state index in [1.165, 1.54) is 0 Å². The predicted molar refractivity (Wildman–Crippen MR) is 92.9 cm³/mol. The Morgan fingerprint density at radius 3 is 2.84 bits per heavy atom. The number of carbonyl (C=O) groups excluding carboxylic acids is 1. The Hall–Kier alpha value is -3.08. The largest absolute Gasteiger partial charge is 0.384 e. The molecular weight excluding hydrogens is 318 g/mol. The molecule has 0 bridgehead atoms. The Labute approximate surface area is 145 Å². The quantitative estimate of drug-likeness (QED) is 0.879. The van der Waals surface area contributed by atoms with E-state index in [1.807, 2.05) is 0 Å². The highest BCUT2D eigenvalue weighted by Crippen LogP contribution is 2.51. The third-order valence-corrected chi connectivity index (χ3v) is 5.06. The third-order valence-electron chi connectivity index (χ3n) is 5.06. The summed E-state index contributed by atoms with van der Waals surface area (Å²) in [5, 5.41) is 16.9. The van der Waals surface area contributed by atoms with Gasteiger partial charge < -0.3 is 16.0 Å². The number of aromatic nitrogens is 3. The zero-order valence-electron chi connectivity index (χ0n) is 13.9. The summed E-state index contributed by atoms with van der Waals surface area (Å²) in [6.45, 7) is 0.558. The SMILES string of the molecule is Cn1nc(Nc2cc(N3CC[C@@](C#N)(C4CC4)C3=O)ccn2)cc1N. The van der Waals surface area contributed by atoms with Gasteiger partial charge in [0.2, 0.25) is 5.91 Å². The van der Waals surface area contributed by atoms with Crippen LogP contribution in [0.15, 0.2) is 24.4 Å². The van der Waals surface area contributed by atoms with Gasteiger partial charge in [0, 0.05) is 37.6 Å². The van der Waals surface area contributed by atoms with Crippen molar-refractivity contribution in [1.29, 1.82) is 5.26 Å². The highest BCUT2D eigenvalue weighted by Gasteiger charge is 2.56. The Balaban J connectivity index is 1.58. The van der Waals surface area contributed by atoms with Gasteiger partial charge in [-0.1, -0.05) is 0 Å². The molecule has 0 aromatic carbocycles. The number of carbonyl (C=O) groups is 1. The zero-order chi connectivity index (χ0) is 17.6. The Kier molecular flexibility index (Phi) is 3.39. The normalized spacial score (nSPS) is 22.9. The minimum absolute atomic E-state index is 0.0864. The average Bonchev–Trinajstić information content (AvgIpc) is 3.33. The van der Waals surface area contributed by atoms with E-state index in [2.05, 4.69) is 21.5 Å². The molecule has 4 rings (SSSR count). The summed E-state index contributed by atoms with van der Waals surface area (Å²) in [4.78, 5) is 18.9. The maximum atomic E-state index is 12.9. The zero-order valence-corrected chi connectivity index (χ0v) is 13.9. The van der Waals surface area contributed by atoms with Crippen LogP contribution in [0.1, 0.15) is 19.3 Å². The van der Waals surface area contributed by atoms with Crippen LogP contribution in [0, 0.1) is 22.7 Å². The Morgan fingerprint density at radius 2 is 2.20 bits per heavy atom. The van der Waals surface area contributed by atoms with Crippen molar-refractivity contribution in [3.63, 3.8) is 0 Å². The molecule has 1 aliphatic carbocycles. The molecule has 25 heavy (non-hydrogen) atoms. The number of hydrogen-bond acceptors (Lipinski definition) is 6. The number of aryl methyl sites for hydroxylation is 1. The first-order chi connectivity index (χ1) is 12.0. The topological polar surface area (TPSA) is 113 Å². The molecule has 1 saturated carbocycles. The van der Waals surface area contributed by atoms with Gasteiger partial charge in [-0.3, -0.25) is 9.48 Å². The summed E-state index contributed by atoms with van der Waals surface area (Å²) in [7, 11) is 1.76. The molecule has 0 unspecified atom stereocenters. The van der Waals surface area contributed by atoms with Gasteiger partial charge in [0.05, 0.1) is 6.07 Å². The van der Waals surface area contributed by atoms with Crippen molar-refractivity contribution in [3.8, 4) is 6.07 Å². The van der Waals surface area contributed by atoms with Crippen LogP contribution in [0.3, 0.4) is 0 Å². The van der Waals surface area contributed by atoms with Crippen LogP contribution in [-0.2, 0) is 11.8 Å². The Bertz CT molecular complexity index is 860. The van der Waals surface area contributed by atoms with Gasteiger partial charge in [-0.25, -0.2) is 4.98 Å². The van der Waals surface area contributed by atoms with E-state index in [1.54, 1.807) is 41.0 Å². The van der Waals surface area contributed by atoms with Crippen molar-refractivity contribution < 1.29 is 4.79 Å². The average molecular weight is 337 g/mol. The summed E-state index contributed by atoms with van der Waals surface area (Å²) in [5.41, 5.74) is 5.68. The van der Waals surface area contributed by atoms with Crippen LogP contribution < -0.4 is 16.0 Å². The van der Waals surface area contributed by atoms with Crippen molar-refractivity contribution >= 4 is 29.0 Å². The van der Waals surface area contributed by atoms with Gasteiger partial charge in [0.15, 0.2) is 5.82 Å². The molecule has 1 saturated heterocycles. The van der Waals surface area contributed by atoms with Gasteiger partial charge >= 0.3 is 0 Å². The van der Waals surface area contributed by atoms with Crippen molar-refractivity contribution in [2.75, 3.05) is 22.5 Å². The first-order valence-electron chi connectivity index (χ1n) is 8.29. The highest BCUT2D eigenvalue weighted by molar-refractivity contribution is 6.02. The maximum absolute atomic E-state index is 12.9. The maximum Gasteiger partial charge on any atom is 0.247 e. The summed E-state index contributed by atoms with van der Waals surface area (Å²) in [6.07, 6.45) is 4.17. The number of anilines is 4. The molecule has 2 aromatic heterocycles. The van der Waals surface area contributed by atoms with Crippen LogP contribution in [-0.4, -0.2) is 27.2 Å². The van der Waals surface area contributed by atoms with Crippen LogP contribution in [0.4, 0.5) is 23.1 Å². The molecule has 1 aliphatic heterocycles. The molecule has 128 valence electrons. The number of nitrogens with two attached hydrogens (primary N) is 1. The fourth-order valence-electron chi connectivity index (χ4n) is 3.46. The van der Waals surface area contributed by atoms with Gasteiger partial charge in [-0.15, -0.1) is 0 Å². The lowest BCUT2D eigenvalue weighted by Gasteiger charge is -2.21. The second kappa shape index (κ2) is 5.48. The number of nitriles is 1. The number of hydrogen-bond donors (Lipinski definition) is 2. The molecule has 1 atom stereocenters. The fourth-order valence-corrected chi connectivity index (χ4v) is 3.46. The molecule has 0 radical (unpaired) electrons. The molecule has 2 aliphatic rings. The van der Waals surface area contributed by atoms with E-state index in [-0.39, 0.29) is 11.8 Å². The summed E-state index contributed by atoms with van der Waals surface area (Å²) in [6, 6.07) is 7.60. The van der Waals surface area contributed by atoms with E-state index in [0.717, 1.165) is 18.5 Å².